The van der Waals surface area contributed by atoms with Crippen LogP contribution in [0.5, 0.6) is 0 Å². The molecule has 3 N–H and O–H groups in total. The minimum Gasteiger partial charge on any atom is -0.480 e. The predicted molar refractivity (Wildman–Crippen MR) is 61.1 cm³/mol. The third-order valence-electron chi connectivity index (χ3n) is 3.37. The molecule has 2 amide bonds. The molecule has 2 heterocycles. The lowest BCUT2D eigenvalue weighted by molar-refractivity contribution is -0.141. The average Bonchev–Trinajstić information content (AvgIpc) is 2.73. The van der Waals surface area contributed by atoms with Gasteiger partial charge in [0.15, 0.2) is 0 Å². The van der Waals surface area contributed by atoms with E-state index < -0.39 is 24.1 Å². The molecule has 2 atom stereocenters. The molecule has 0 aliphatic carbocycles. The van der Waals surface area contributed by atoms with Crippen molar-refractivity contribution in [3.05, 3.63) is 0 Å². The number of aliphatic carboxylic acids is 1. The van der Waals surface area contributed by atoms with Crippen molar-refractivity contribution in [2.45, 2.75) is 37.5 Å². The first-order valence-electron chi connectivity index (χ1n) is 6.13. The maximum absolute atomic E-state index is 12.0. The Hall–Kier alpha value is -1.34. The summed E-state index contributed by atoms with van der Waals surface area (Å²) >= 11 is 0. The maximum Gasteiger partial charge on any atom is 0.326 e. The van der Waals surface area contributed by atoms with E-state index in [2.05, 4.69) is 5.32 Å². The van der Waals surface area contributed by atoms with E-state index in [9.17, 15) is 14.7 Å². The van der Waals surface area contributed by atoms with Crippen LogP contribution in [0.15, 0.2) is 0 Å². The summed E-state index contributed by atoms with van der Waals surface area (Å²) in [5.41, 5.74) is 0. The standard InChI is InChI=1S/C11H18N2O5/c14-8-5-9(10(15)16)13(6-8)11(17)12-7-1-3-18-4-2-7/h7-9,14H,1-6H2,(H,12,17)(H,15,16)/t8?,9-/m0/s1. The second-order valence-corrected chi connectivity index (χ2v) is 4.73. The van der Waals surface area contributed by atoms with Gasteiger partial charge in [0.05, 0.1) is 6.10 Å². The molecule has 7 nitrogen and oxygen atoms in total. The molecular weight excluding hydrogens is 240 g/mol. The number of aliphatic hydroxyl groups excluding tert-OH is 1. The minimum atomic E-state index is -1.08. The molecule has 2 aliphatic rings. The zero-order chi connectivity index (χ0) is 13.1. The van der Waals surface area contributed by atoms with Crippen LogP contribution in [0, 0.1) is 0 Å². The zero-order valence-corrected chi connectivity index (χ0v) is 10.0. The molecule has 102 valence electrons. The summed E-state index contributed by atoms with van der Waals surface area (Å²) in [4.78, 5) is 24.2. The molecule has 0 radical (unpaired) electrons. The molecule has 2 fully saturated rings. The molecule has 0 aromatic heterocycles. The van der Waals surface area contributed by atoms with Crippen molar-refractivity contribution in [1.82, 2.24) is 10.2 Å². The number of hydrogen-bond acceptors (Lipinski definition) is 4. The third kappa shape index (κ3) is 2.91. The number of ether oxygens (including phenoxy) is 1. The van der Waals surface area contributed by atoms with Crippen molar-refractivity contribution >= 4 is 12.0 Å². The van der Waals surface area contributed by atoms with E-state index in [1.807, 2.05) is 0 Å². The summed E-state index contributed by atoms with van der Waals surface area (Å²) in [6.45, 7) is 1.29. The number of carbonyl (C=O) groups excluding carboxylic acids is 1. The van der Waals surface area contributed by atoms with E-state index in [0.717, 1.165) is 12.8 Å². The van der Waals surface area contributed by atoms with E-state index in [0.29, 0.717) is 13.2 Å². The number of β-amino-alcohol motifs (C(OH)–C–C–N with tert-alkyl or cyclic N) is 1. The molecule has 18 heavy (non-hydrogen) atoms. The number of nitrogens with zero attached hydrogens (tertiary/aromatic N) is 1. The number of hydrogen-bond donors (Lipinski definition) is 3. The molecule has 0 bridgehead atoms. The number of rotatable bonds is 2. The Morgan fingerprint density at radius 2 is 1.94 bits per heavy atom. The first kappa shape index (κ1) is 13.1. The van der Waals surface area contributed by atoms with Gasteiger partial charge in [-0.2, -0.15) is 0 Å². The molecule has 2 aliphatic heterocycles. The van der Waals surface area contributed by atoms with Crippen LogP contribution in [0.1, 0.15) is 19.3 Å². The van der Waals surface area contributed by atoms with Crippen molar-refractivity contribution in [1.29, 1.82) is 0 Å². The molecule has 2 rings (SSSR count). The molecular formula is C11H18N2O5. The van der Waals surface area contributed by atoms with Gasteiger partial charge >= 0.3 is 12.0 Å². The highest BCUT2D eigenvalue weighted by atomic mass is 16.5. The Bertz CT molecular complexity index is 329. The van der Waals surface area contributed by atoms with Gasteiger partial charge in [-0.15, -0.1) is 0 Å². The van der Waals surface area contributed by atoms with Crippen LogP contribution < -0.4 is 5.32 Å². The minimum absolute atomic E-state index is 0.0263. The summed E-state index contributed by atoms with van der Waals surface area (Å²) in [5, 5.41) is 21.3. The molecule has 2 saturated heterocycles. The molecule has 7 heteroatoms. The fraction of sp³-hybridized carbons (Fsp3) is 0.818. The fourth-order valence-corrected chi connectivity index (χ4v) is 2.37. The number of urea groups is 1. The third-order valence-corrected chi connectivity index (χ3v) is 3.37. The first-order valence-corrected chi connectivity index (χ1v) is 6.13. The Balaban J connectivity index is 1.92. The molecule has 0 spiro atoms. The Labute approximate surface area is 105 Å². The summed E-state index contributed by atoms with van der Waals surface area (Å²) in [6.07, 6.45) is 0.808. The van der Waals surface area contributed by atoms with Crippen molar-refractivity contribution in [3.63, 3.8) is 0 Å². The van der Waals surface area contributed by atoms with Gasteiger partial charge in [-0.3, -0.25) is 0 Å². The smallest absolute Gasteiger partial charge is 0.326 e. The van der Waals surface area contributed by atoms with Crippen LogP contribution in [0.25, 0.3) is 0 Å². The molecule has 0 aromatic rings. The van der Waals surface area contributed by atoms with Crippen LogP contribution in [0.4, 0.5) is 4.79 Å². The number of carboxylic acid groups (broad SMARTS) is 1. The topological polar surface area (TPSA) is 99.1 Å². The molecule has 0 aromatic carbocycles. The SMILES string of the molecule is O=C(O)[C@@H]1CC(O)CN1C(=O)NC1CCOCC1. The lowest BCUT2D eigenvalue weighted by atomic mass is 10.1. The number of likely N-dealkylation sites (tertiary alicyclic amines) is 1. The highest BCUT2D eigenvalue weighted by Crippen LogP contribution is 2.19. The van der Waals surface area contributed by atoms with E-state index in [1.165, 1.54) is 4.90 Å². The van der Waals surface area contributed by atoms with Gasteiger partial charge in [0.1, 0.15) is 6.04 Å². The van der Waals surface area contributed by atoms with Crippen molar-refractivity contribution < 1.29 is 24.5 Å². The normalized spacial score (nSPS) is 29.3. The number of aliphatic hydroxyl groups is 1. The summed E-state index contributed by atoms with van der Waals surface area (Å²) in [7, 11) is 0. The van der Waals surface area contributed by atoms with E-state index >= 15 is 0 Å². The predicted octanol–water partition coefficient (Wildman–Crippen LogP) is -0.605. The first-order chi connectivity index (χ1) is 8.58. The average molecular weight is 258 g/mol. The van der Waals surface area contributed by atoms with Crippen LogP contribution in [0.2, 0.25) is 0 Å². The number of nitrogens with one attached hydrogen (secondary N) is 1. The zero-order valence-electron chi connectivity index (χ0n) is 10.0. The Kier molecular flexibility index (Phi) is 4.03. The summed E-state index contributed by atoms with van der Waals surface area (Å²) < 4.78 is 5.18. The maximum atomic E-state index is 12.0. The van der Waals surface area contributed by atoms with Crippen LogP contribution >= 0.6 is 0 Å². The van der Waals surface area contributed by atoms with Gasteiger partial charge in [0, 0.05) is 32.2 Å². The van der Waals surface area contributed by atoms with Gasteiger partial charge in [-0.25, -0.2) is 9.59 Å². The van der Waals surface area contributed by atoms with Gasteiger partial charge in [-0.1, -0.05) is 0 Å². The number of amides is 2. The quantitative estimate of drug-likeness (QED) is 0.614. The Morgan fingerprint density at radius 1 is 1.28 bits per heavy atom. The van der Waals surface area contributed by atoms with Crippen LogP contribution in [-0.2, 0) is 9.53 Å². The molecule has 1 unspecified atom stereocenters. The van der Waals surface area contributed by atoms with Gasteiger partial charge in [0.2, 0.25) is 0 Å². The number of carbonyl (C=O) groups is 2. The van der Waals surface area contributed by atoms with Crippen LogP contribution in [-0.4, -0.2) is 65.1 Å². The number of carboxylic acids is 1. The summed E-state index contributed by atoms with van der Waals surface area (Å²) in [5.74, 6) is -1.08. The highest BCUT2D eigenvalue weighted by molar-refractivity contribution is 5.83. The van der Waals surface area contributed by atoms with Crippen molar-refractivity contribution in [2.75, 3.05) is 19.8 Å². The Morgan fingerprint density at radius 3 is 2.56 bits per heavy atom. The second kappa shape index (κ2) is 5.53. The molecule has 0 saturated carbocycles. The van der Waals surface area contributed by atoms with Gasteiger partial charge < -0.3 is 25.2 Å². The summed E-state index contributed by atoms with van der Waals surface area (Å²) in [6, 6.07) is -1.32. The van der Waals surface area contributed by atoms with Crippen molar-refractivity contribution in [3.8, 4) is 0 Å². The second-order valence-electron chi connectivity index (χ2n) is 4.73. The van der Waals surface area contributed by atoms with E-state index in [-0.39, 0.29) is 19.0 Å². The van der Waals surface area contributed by atoms with Gasteiger partial charge in [0.25, 0.3) is 0 Å². The highest BCUT2D eigenvalue weighted by Gasteiger charge is 2.39. The monoisotopic (exact) mass is 258 g/mol. The van der Waals surface area contributed by atoms with E-state index in [4.69, 9.17) is 9.84 Å². The lowest BCUT2D eigenvalue weighted by Crippen LogP contribution is -2.50. The van der Waals surface area contributed by atoms with Crippen LogP contribution in [0.3, 0.4) is 0 Å². The van der Waals surface area contributed by atoms with E-state index in [1.54, 1.807) is 0 Å². The van der Waals surface area contributed by atoms with Crippen molar-refractivity contribution in [2.24, 2.45) is 0 Å². The van der Waals surface area contributed by atoms with Gasteiger partial charge in [-0.05, 0) is 12.8 Å². The lowest BCUT2D eigenvalue weighted by Gasteiger charge is -2.27. The largest absolute Gasteiger partial charge is 0.480 e. The fourth-order valence-electron chi connectivity index (χ4n) is 2.37.